The Morgan fingerprint density at radius 2 is 1.95 bits per heavy atom. The molecule has 1 saturated heterocycles. The molecule has 0 spiro atoms. The number of carboxylic acids is 1. The van der Waals surface area contributed by atoms with Crippen molar-refractivity contribution in [2.75, 3.05) is 18.4 Å². The molecule has 1 heterocycles. The summed E-state index contributed by atoms with van der Waals surface area (Å²) in [6.07, 6.45) is -0.0827. The highest BCUT2D eigenvalue weighted by Crippen LogP contribution is 2.24. The molecule has 21 heavy (non-hydrogen) atoms. The zero-order valence-corrected chi connectivity index (χ0v) is 12.6. The van der Waals surface area contributed by atoms with Gasteiger partial charge in [-0.3, -0.25) is 0 Å². The highest BCUT2D eigenvalue weighted by Gasteiger charge is 2.26. The number of carbonyl (C=O) groups is 2. The second-order valence-corrected chi connectivity index (χ2v) is 5.50. The summed E-state index contributed by atoms with van der Waals surface area (Å²) in [5.41, 5.74) is 0.353. The van der Waals surface area contributed by atoms with E-state index < -0.39 is 5.97 Å². The van der Waals surface area contributed by atoms with Crippen LogP contribution in [0.5, 0.6) is 0 Å². The number of nitrogens with zero attached hydrogens (tertiary/aromatic N) is 1. The van der Waals surface area contributed by atoms with E-state index in [0.717, 1.165) is 0 Å². The lowest BCUT2D eigenvalue weighted by atomic mass is 10.2. The molecule has 114 valence electrons. The number of amides is 2. The van der Waals surface area contributed by atoms with Gasteiger partial charge in [0.15, 0.2) is 0 Å². The van der Waals surface area contributed by atoms with Crippen LogP contribution >= 0.6 is 11.6 Å². The predicted molar refractivity (Wildman–Crippen MR) is 79.0 cm³/mol. The molecule has 0 aromatic heterocycles. The highest BCUT2D eigenvalue weighted by atomic mass is 35.5. The maximum Gasteiger partial charge on any atom is 0.335 e. The fourth-order valence-electron chi connectivity index (χ4n) is 2.29. The van der Waals surface area contributed by atoms with Crippen molar-refractivity contribution in [1.29, 1.82) is 0 Å². The van der Waals surface area contributed by atoms with Crippen LogP contribution < -0.4 is 5.32 Å². The first kappa shape index (κ1) is 15.6. The van der Waals surface area contributed by atoms with Crippen molar-refractivity contribution in [3.05, 3.63) is 28.8 Å². The molecule has 7 heteroatoms. The van der Waals surface area contributed by atoms with Gasteiger partial charge in [-0.25, -0.2) is 9.59 Å². The summed E-state index contributed by atoms with van der Waals surface area (Å²) in [5.74, 6) is -1.07. The number of halogens is 1. The average molecular weight is 313 g/mol. The van der Waals surface area contributed by atoms with E-state index in [2.05, 4.69) is 5.32 Å². The molecular formula is C14H17ClN2O4. The molecule has 2 N–H and O–H groups in total. The largest absolute Gasteiger partial charge is 0.478 e. The molecule has 2 atom stereocenters. The van der Waals surface area contributed by atoms with Gasteiger partial charge in [-0.1, -0.05) is 11.6 Å². The number of hydrogen-bond donors (Lipinski definition) is 2. The Morgan fingerprint density at radius 3 is 2.52 bits per heavy atom. The lowest BCUT2D eigenvalue weighted by Crippen LogP contribution is -2.49. The molecular weight excluding hydrogens is 296 g/mol. The Kier molecular flexibility index (Phi) is 4.69. The average Bonchev–Trinajstić information content (AvgIpc) is 2.39. The van der Waals surface area contributed by atoms with Crippen LogP contribution in [0.25, 0.3) is 0 Å². The van der Waals surface area contributed by atoms with E-state index in [-0.39, 0.29) is 29.5 Å². The number of carboxylic acid groups (broad SMARTS) is 1. The van der Waals surface area contributed by atoms with E-state index >= 15 is 0 Å². The summed E-state index contributed by atoms with van der Waals surface area (Å²) in [6.45, 7) is 4.75. The first-order chi connectivity index (χ1) is 9.86. The Bertz CT molecular complexity index is 554. The predicted octanol–water partition coefficient (Wildman–Crippen LogP) is 2.68. The second kappa shape index (κ2) is 6.32. The van der Waals surface area contributed by atoms with E-state index in [1.807, 2.05) is 13.8 Å². The summed E-state index contributed by atoms with van der Waals surface area (Å²) < 4.78 is 5.57. The van der Waals surface area contributed by atoms with Gasteiger partial charge in [0.2, 0.25) is 0 Å². The maximum atomic E-state index is 12.2. The summed E-state index contributed by atoms with van der Waals surface area (Å²) in [4.78, 5) is 24.8. The zero-order valence-electron chi connectivity index (χ0n) is 11.8. The van der Waals surface area contributed by atoms with Gasteiger partial charge in [0, 0.05) is 13.1 Å². The standard InChI is InChI=1S/C14H17ClN2O4/c1-8-6-17(7-9(2)21-8)14(20)16-12-5-10(13(18)19)3-4-11(12)15/h3-5,8-9H,6-7H2,1-2H3,(H,16,20)(H,18,19). The summed E-state index contributed by atoms with van der Waals surface area (Å²) >= 11 is 5.99. The minimum Gasteiger partial charge on any atom is -0.478 e. The van der Waals surface area contributed by atoms with E-state index in [0.29, 0.717) is 18.1 Å². The molecule has 6 nitrogen and oxygen atoms in total. The third-order valence-corrected chi connectivity index (χ3v) is 3.49. The van der Waals surface area contributed by atoms with E-state index in [9.17, 15) is 9.59 Å². The minimum atomic E-state index is -1.07. The maximum absolute atomic E-state index is 12.2. The molecule has 2 amide bonds. The molecule has 1 fully saturated rings. The summed E-state index contributed by atoms with van der Waals surface area (Å²) in [6, 6.07) is 3.86. The fourth-order valence-corrected chi connectivity index (χ4v) is 2.46. The molecule has 1 aromatic carbocycles. The second-order valence-electron chi connectivity index (χ2n) is 5.09. The first-order valence-electron chi connectivity index (χ1n) is 6.61. The van der Waals surface area contributed by atoms with E-state index in [1.165, 1.54) is 18.2 Å². The number of anilines is 1. The number of rotatable bonds is 2. The van der Waals surface area contributed by atoms with Crippen molar-refractivity contribution in [1.82, 2.24) is 4.90 Å². The molecule has 1 aromatic rings. The number of morpholine rings is 1. The van der Waals surface area contributed by atoms with Crippen LogP contribution in [0.4, 0.5) is 10.5 Å². The van der Waals surface area contributed by atoms with Gasteiger partial charge in [0.1, 0.15) is 0 Å². The van der Waals surface area contributed by atoms with Gasteiger partial charge in [-0.2, -0.15) is 0 Å². The monoisotopic (exact) mass is 312 g/mol. The number of nitrogens with one attached hydrogen (secondary N) is 1. The molecule has 0 saturated carbocycles. The smallest absolute Gasteiger partial charge is 0.335 e. The number of aromatic carboxylic acids is 1. The van der Waals surface area contributed by atoms with Crippen LogP contribution in [0.2, 0.25) is 5.02 Å². The molecule has 0 aliphatic carbocycles. The summed E-state index contributed by atoms with van der Waals surface area (Å²) in [7, 11) is 0. The number of benzene rings is 1. The fraction of sp³-hybridized carbons (Fsp3) is 0.429. The third-order valence-electron chi connectivity index (χ3n) is 3.16. The lowest BCUT2D eigenvalue weighted by Gasteiger charge is -2.35. The van der Waals surface area contributed by atoms with Crippen LogP contribution in [0.1, 0.15) is 24.2 Å². The first-order valence-corrected chi connectivity index (χ1v) is 6.99. The Morgan fingerprint density at radius 1 is 1.33 bits per heavy atom. The van der Waals surface area contributed by atoms with Crippen LogP contribution in [0, 0.1) is 0 Å². The number of hydrogen-bond acceptors (Lipinski definition) is 3. The Labute approximate surface area is 127 Å². The van der Waals surface area contributed by atoms with Crippen LogP contribution in [0.15, 0.2) is 18.2 Å². The van der Waals surface area contributed by atoms with Crippen molar-refractivity contribution in [3.63, 3.8) is 0 Å². The molecule has 0 radical (unpaired) electrons. The van der Waals surface area contributed by atoms with Gasteiger partial charge in [0.05, 0.1) is 28.5 Å². The van der Waals surface area contributed by atoms with Crippen LogP contribution in [-0.4, -0.2) is 47.3 Å². The molecule has 2 unspecified atom stereocenters. The van der Waals surface area contributed by atoms with E-state index in [1.54, 1.807) is 4.90 Å². The molecule has 2 rings (SSSR count). The van der Waals surface area contributed by atoms with Gasteiger partial charge < -0.3 is 20.1 Å². The Balaban J connectivity index is 2.12. The number of ether oxygens (including phenoxy) is 1. The van der Waals surface area contributed by atoms with Gasteiger partial charge >= 0.3 is 12.0 Å². The molecule has 0 bridgehead atoms. The topological polar surface area (TPSA) is 78.9 Å². The Hall–Kier alpha value is -1.79. The minimum absolute atomic E-state index is 0.0414. The van der Waals surface area contributed by atoms with Gasteiger partial charge in [-0.15, -0.1) is 0 Å². The van der Waals surface area contributed by atoms with E-state index in [4.69, 9.17) is 21.4 Å². The third kappa shape index (κ3) is 3.86. The van der Waals surface area contributed by atoms with Crippen molar-refractivity contribution in [2.24, 2.45) is 0 Å². The molecule has 1 aliphatic heterocycles. The quantitative estimate of drug-likeness (QED) is 0.880. The normalized spacial score (nSPS) is 22.0. The zero-order chi connectivity index (χ0) is 15.6. The number of urea groups is 1. The van der Waals surface area contributed by atoms with Crippen LogP contribution in [0.3, 0.4) is 0 Å². The van der Waals surface area contributed by atoms with Crippen molar-refractivity contribution >= 4 is 29.3 Å². The molecule has 1 aliphatic rings. The summed E-state index contributed by atoms with van der Waals surface area (Å²) in [5, 5.41) is 11.9. The van der Waals surface area contributed by atoms with Crippen molar-refractivity contribution < 1.29 is 19.4 Å². The van der Waals surface area contributed by atoms with Crippen molar-refractivity contribution in [3.8, 4) is 0 Å². The van der Waals surface area contributed by atoms with Gasteiger partial charge in [-0.05, 0) is 32.0 Å². The van der Waals surface area contributed by atoms with Crippen molar-refractivity contribution in [2.45, 2.75) is 26.1 Å². The lowest BCUT2D eigenvalue weighted by molar-refractivity contribution is -0.0530. The SMILES string of the molecule is CC1CN(C(=O)Nc2cc(C(=O)O)ccc2Cl)CC(C)O1. The highest BCUT2D eigenvalue weighted by molar-refractivity contribution is 6.33. The number of carbonyl (C=O) groups excluding carboxylic acids is 1. The van der Waals surface area contributed by atoms with Gasteiger partial charge in [0.25, 0.3) is 0 Å². The van der Waals surface area contributed by atoms with Crippen LogP contribution in [-0.2, 0) is 4.74 Å².